The lowest BCUT2D eigenvalue weighted by Gasteiger charge is -2.10. The van der Waals surface area contributed by atoms with Crippen LogP contribution in [0.2, 0.25) is 0 Å². The first-order valence-electron chi connectivity index (χ1n) is 4.94. The second-order valence-electron chi connectivity index (χ2n) is 3.72. The van der Waals surface area contributed by atoms with Crippen LogP contribution in [0.25, 0.3) is 10.4 Å². The van der Waals surface area contributed by atoms with Crippen LogP contribution >= 0.6 is 0 Å². The molecule has 1 aromatic rings. The maximum Gasteiger partial charge on any atom is 0.0856 e. The van der Waals surface area contributed by atoms with Crippen LogP contribution in [0.3, 0.4) is 0 Å². The molecule has 0 aliphatic heterocycles. The minimum absolute atomic E-state index is 0.162. The Balaban J connectivity index is 2.91. The molecule has 0 aromatic heterocycles. The summed E-state index contributed by atoms with van der Waals surface area (Å²) in [5, 5.41) is 12.5. The fourth-order valence-corrected chi connectivity index (χ4v) is 1.37. The molecule has 1 atom stereocenters. The van der Waals surface area contributed by atoms with Crippen LogP contribution < -0.4 is 0 Å². The Hall–Kier alpha value is -1.51. The van der Waals surface area contributed by atoms with Crippen LogP contribution in [-0.2, 0) is 0 Å². The molecule has 1 N–H and O–H groups in total. The number of benzene rings is 1. The standard InChI is InChI=1S/C11H15N3O/c1-8(2)9-3-5-10(6-4-9)11(7-15)13-14-12/h3-6,8,11,15H,7H2,1-2H3. The van der Waals surface area contributed by atoms with Crippen LogP contribution in [0.4, 0.5) is 0 Å². The number of nitrogens with zero attached hydrogens (tertiary/aromatic N) is 3. The zero-order chi connectivity index (χ0) is 11.3. The maximum atomic E-state index is 9.02. The molecule has 4 nitrogen and oxygen atoms in total. The molecule has 0 bridgehead atoms. The van der Waals surface area contributed by atoms with E-state index < -0.39 is 6.04 Å². The molecule has 0 heterocycles. The monoisotopic (exact) mass is 205 g/mol. The van der Waals surface area contributed by atoms with Crippen LogP contribution in [-0.4, -0.2) is 11.7 Å². The molecule has 0 saturated heterocycles. The van der Waals surface area contributed by atoms with Gasteiger partial charge in [0.1, 0.15) is 0 Å². The number of aliphatic hydroxyl groups excluding tert-OH is 1. The molecule has 0 aliphatic rings. The number of hydrogen-bond donors (Lipinski definition) is 1. The van der Waals surface area contributed by atoms with Gasteiger partial charge in [-0.3, -0.25) is 0 Å². The van der Waals surface area contributed by atoms with Crippen molar-refractivity contribution < 1.29 is 5.11 Å². The smallest absolute Gasteiger partial charge is 0.0856 e. The van der Waals surface area contributed by atoms with E-state index in [1.54, 1.807) is 0 Å². The van der Waals surface area contributed by atoms with E-state index in [2.05, 4.69) is 23.9 Å². The third-order valence-corrected chi connectivity index (χ3v) is 2.35. The van der Waals surface area contributed by atoms with Crippen molar-refractivity contribution in [2.24, 2.45) is 5.11 Å². The lowest BCUT2D eigenvalue weighted by atomic mass is 10.00. The largest absolute Gasteiger partial charge is 0.396 e. The van der Waals surface area contributed by atoms with Gasteiger partial charge in [0, 0.05) is 4.91 Å². The second kappa shape index (κ2) is 5.39. The van der Waals surface area contributed by atoms with Crippen molar-refractivity contribution in [2.45, 2.75) is 25.8 Å². The van der Waals surface area contributed by atoms with E-state index in [-0.39, 0.29) is 6.61 Å². The highest BCUT2D eigenvalue weighted by molar-refractivity contribution is 5.27. The fraction of sp³-hybridized carbons (Fsp3) is 0.455. The average Bonchev–Trinajstić information content (AvgIpc) is 2.26. The molecule has 0 spiro atoms. The second-order valence-corrected chi connectivity index (χ2v) is 3.72. The SMILES string of the molecule is CC(C)c1ccc(C(CO)N=[N+]=[N-])cc1. The van der Waals surface area contributed by atoms with Crippen LogP contribution in [0.1, 0.15) is 36.9 Å². The first kappa shape index (κ1) is 11.6. The first-order valence-corrected chi connectivity index (χ1v) is 4.94. The van der Waals surface area contributed by atoms with Gasteiger partial charge in [-0.1, -0.05) is 43.2 Å². The third-order valence-electron chi connectivity index (χ3n) is 2.35. The fourth-order valence-electron chi connectivity index (χ4n) is 1.37. The number of rotatable bonds is 4. The molecule has 0 aliphatic carbocycles. The molecule has 0 amide bonds. The summed E-state index contributed by atoms with van der Waals surface area (Å²) in [6.45, 7) is 4.07. The summed E-state index contributed by atoms with van der Waals surface area (Å²) in [5.74, 6) is 0.478. The number of aliphatic hydroxyl groups is 1. The van der Waals surface area contributed by atoms with Gasteiger partial charge < -0.3 is 5.11 Å². The van der Waals surface area contributed by atoms with E-state index >= 15 is 0 Å². The van der Waals surface area contributed by atoms with E-state index in [1.807, 2.05) is 24.3 Å². The summed E-state index contributed by atoms with van der Waals surface area (Å²) >= 11 is 0. The summed E-state index contributed by atoms with van der Waals surface area (Å²) in [6.07, 6.45) is 0. The van der Waals surface area contributed by atoms with Gasteiger partial charge in [-0.2, -0.15) is 0 Å². The van der Waals surface area contributed by atoms with Gasteiger partial charge in [0.15, 0.2) is 0 Å². The Labute approximate surface area is 89.2 Å². The molecule has 0 radical (unpaired) electrons. The molecule has 15 heavy (non-hydrogen) atoms. The molecule has 80 valence electrons. The summed E-state index contributed by atoms with van der Waals surface area (Å²) in [7, 11) is 0. The lowest BCUT2D eigenvalue weighted by molar-refractivity contribution is 0.268. The Bertz CT molecular complexity index is 353. The minimum atomic E-state index is -0.476. The van der Waals surface area contributed by atoms with E-state index in [9.17, 15) is 0 Å². The highest BCUT2D eigenvalue weighted by Crippen LogP contribution is 2.20. The molecular formula is C11H15N3O. The van der Waals surface area contributed by atoms with Gasteiger partial charge in [0.2, 0.25) is 0 Å². The van der Waals surface area contributed by atoms with Gasteiger partial charge in [0.25, 0.3) is 0 Å². The normalized spacial score (nSPS) is 12.3. The molecule has 1 unspecified atom stereocenters. The van der Waals surface area contributed by atoms with Crippen molar-refractivity contribution in [3.8, 4) is 0 Å². The molecule has 1 rings (SSSR count). The summed E-state index contributed by atoms with van der Waals surface area (Å²) in [5.41, 5.74) is 10.4. The van der Waals surface area contributed by atoms with E-state index in [1.165, 1.54) is 5.56 Å². The summed E-state index contributed by atoms with van der Waals surface area (Å²) in [6, 6.07) is 7.30. The molecule has 0 fully saturated rings. The topological polar surface area (TPSA) is 69.0 Å². The zero-order valence-electron chi connectivity index (χ0n) is 8.96. The molecule has 0 saturated carbocycles. The van der Waals surface area contributed by atoms with E-state index in [4.69, 9.17) is 10.6 Å². The highest BCUT2D eigenvalue weighted by atomic mass is 16.3. The zero-order valence-corrected chi connectivity index (χ0v) is 8.96. The van der Waals surface area contributed by atoms with E-state index in [0.29, 0.717) is 5.92 Å². The van der Waals surface area contributed by atoms with Crippen LogP contribution in [0, 0.1) is 0 Å². The Kier molecular flexibility index (Phi) is 4.16. The van der Waals surface area contributed by atoms with Gasteiger partial charge >= 0.3 is 0 Å². The van der Waals surface area contributed by atoms with Gasteiger partial charge in [0.05, 0.1) is 12.6 Å². The Morgan fingerprint density at radius 1 is 1.27 bits per heavy atom. The van der Waals surface area contributed by atoms with Gasteiger partial charge in [-0.25, -0.2) is 0 Å². The van der Waals surface area contributed by atoms with Gasteiger partial charge in [-0.05, 0) is 22.6 Å². The van der Waals surface area contributed by atoms with Crippen molar-refractivity contribution in [1.82, 2.24) is 0 Å². The summed E-state index contributed by atoms with van der Waals surface area (Å²) < 4.78 is 0. The van der Waals surface area contributed by atoms with E-state index in [0.717, 1.165) is 5.56 Å². The molecular weight excluding hydrogens is 190 g/mol. The third kappa shape index (κ3) is 2.98. The molecule has 1 aromatic carbocycles. The summed E-state index contributed by atoms with van der Waals surface area (Å²) in [4.78, 5) is 2.71. The highest BCUT2D eigenvalue weighted by Gasteiger charge is 2.08. The quantitative estimate of drug-likeness (QED) is 0.458. The van der Waals surface area contributed by atoms with Crippen molar-refractivity contribution in [1.29, 1.82) is 0 Å². The van der Waals surface area contributed by atoms with Crippen molar-refractivity contribution in [2.75, 3.05) is 6.61 Å². The Morgan fingerprint density at radius 2 is 1.80 bits per heavy atom. The molecule has 4 heteroatoms. The first-order chi connectivity index (χ1) is 7.19. The van der Waals surface area contributed by atoms with Crippen molar-refractivity contribution in [3.63, 3.8) is 0 Å². The predicted octanol–water partition coefficient (Wildman–Crippen LogP) is 3.15. The minimum Gasteiger partial charge on any atom is -0.396 e. The Morgan fingerprint density at radius 3 is 2.20 bits per heavy atom. The van der Waals surface area contributed by atoms with Crippen molar-refractivity contribution >= 4 is 0 Å². The predicted molar refractivity (Wildman–Crippen MR) is 59.5 cm³/mol. The lowest BCUT2D eigenvalue weighted by Crippen LogP contribution is -2.00. The average molecular weight is 205 g/mol. The maximum absolute atomic E-state index is 9.02. The van der Waals surface area contributed by atoms with Crippen LogP contribution in [0.15, 0.2) is 29.4 Å². The van der Waals surface area contributed by atoms with Crippen molar-refractivity contribution in [3.05, 3.63) is 45.8 Å². The number of hydrogen-bond acceptors (Lipinski definition) is 2. The number of azide groups is 1. The van der Waals surface area contributed by atoms with Crippen LogP contribution in [0.5, 0.6) is 0 Å². The van der Waals surface area contributed by atoms with Gasteiger partial charge in [-0.15, -0.1) is 0 Å².